The number of nitrogens with one attached hydrogen (secondary N) is 1. The molecule has 132 valence electrons. The van der Waals surface area contributed by atoms with Crippen molar-refractivity contribution >= 4 is 17.7 Å². The maximum Gasteiger partial charge on any atom is 0.224 e. The zero-order chi connectivity index (χ0) is 17.0. The zero-order valence-electron chi connectivity index (χ0n) is 14.8. The molecule has 4 nitrogen and oxygen atoms in total. The molecular weight excluding hydrogens is 318 g/mol. The van der Waals surface area contributed by atoms with Gasteiger partial charge in [0.05, 0.1) is 0 Å². The van der Waals surface area contributed by atoms with Crippen LogP contribution in [0.15, 0.2) is 30.3 Å². The van der Waals surface area contributed by atoms with Crippen LogP contribution >= 0.6 is 11.8 Å². The van der Waals surface area contributed by atoms with E-state index in [0.29, 0.717) is 18.4 Å². The van der Waals surface area contributed by atoms with Gasteiger partial charge in [0, 0.05) is 62.2 Å². The lowest BCUT2D eigenvalue weighted by atomic mass is 9.97. The average molecular weight is 348 g/mol. The fraction of sp³-hybridized carbons (Fsp3) is 0.632. The predicted octanol–water partition coefficient (Wildman–Crippen LogP) is 2.20. The highest BCUT2D eigenvalue weighted by Gasteiger charge is 2.35. The van der Waals surface area contributed by atoms with E-state index in [-0.39, 0.29) is 5.54 Å². The van der Waals surface area contributed by atoms with Crippen molar-refractivity contribution in [1.82, 2.24) is 15.1 Å². The predicted molar refractivity (Wildman–Crippen MR) is 101 cm³/mol. The van der Waals surface area contributed by atoms with E-state index in [2.05, 4.69) is 59.3 Å². The third-order valence-corrected chi connectivity index (χ3v) is 6.19. The minimum Gasteiger partial charge on any atom is -0.340 e. The molecule has 1 unspecified atom stereocenters. The van der Waals surface area contributed by atoms with Crippen LogP contribution < -0.4 is 5.32 Å². The average Bonchev–Trinajstić information content (AvgIpc) is 2.58. The van der Waals surface area contributed by atoms with Gasteiger partial charge in [0.1, 0.15) is 0 Å². The van der Waals surface area contributed by atoms with Gasteiger partial charge in [-0.05, 0) is 19.4 Å². The van der Waals surface area contributed by atoms with E-state index in [0.717, 1.165) is 44.2 Å². The van der Waals surface area contributed by atoms with E-state index in [4.69, 9.17) is 0 Å². The third-order valence-electron chi connectivity index (χ3n) is 5.06. The SMILES string of the molecule is CC1(C)CN(C(=O)CC2CSCCN2)CCN1Cc1ccccc1. The number of nitrogens with zero attached hydrogens (tertiary/aromatic N) is 2. The van der Waals surface area contributed by atoms with Crippen molar-refractivity contribution in [3.05, 3.63) is 35.9 Å². The van der Waals surface area contributed by atoms with Crippen LogP contribution in [0.3, 0.4) is 0 Å². The van der Waals surface area contributed by atoms with Crippen LogP contribution in [0.5, 0.6) is 0 Å². The minimum absolute atomic E-state index is 0.0124. The number of rotatable bonds is 4. The molecule has 3 rings (SSSR count). The van der Waals surface area contributed by atoms with Gasteiger partial charge >= 0.3 is 0 Å². The van der Waals surface area contributed by atoms with Crippen LogP contribution in [0.4, 0.5) is 0 Å². The first-order valence-electron chi connectivity index (χ1n) is 8.92. The molecule has 1 N–H and O–H groups in total. The molecule has 2 aliphatic rings. The van der Waals surface area contributed by atoms with Gasteiger partial charge in [-0.15, -0.1) is 0 Å². The molecule has 2 aliphatic heterocycles. The Morgan fingerprint density at radius 1 is 1.29 bits per heavy atom. The number of carbonyl (C=O) groups is 1. The smallest absolute Gasteiger partial charge is 0.224 e. The Hall–Kier alpha value is -1.04. The Morgan fingerprint density at radius 3 is 2.75 bits per heavy atom. The minimum atomic E-state index is 0.0124. The third kappa shape index (κ3) is 4.52. The second-order valence-corrected chi connectivity index (χ2v) is 8.61. The summed E-state index contributed by atoms with van der Waals surface area (Å²) in [6.45, 7) is 9.10. The Balaban J connectivity index is 1.55. The van der Waals surface area contributed by atoms with E-state index in [9.17, 15) is 4.79 Å². The van der Waals surface area contributed by atoms with Crippen LogP contribution in [0, 0.1) is 0 Å². The summed E-state index contributed by atoms with van der Waals surface area (Å²) >= 11 is 1.95. The molecule has 0 spiro atoms. The summed E-state index contributed by atoms with van der Waals surface area (Å²) < 4.78 is 0. The first-order valence-corrected chi connectivity index (χ1v) is 10.1. The standard InChI is InChI=1S/C19H29N3OS/c1-19(2)15-21(18(23)12-17-14-24-11-8-20-17)9-10-22(19)13-16-6-4-3-5-7-16/h3-7,17,20H,8-15H2,1-2H3. The number of carbonyl (C=O) groups excluding carboxylic acids is 1. The van der Waals surface area contributed by atoms with E-state index in [1.54, 1.807) is 0 Å². The lowest BCUT2D eigenvalue weighted by molar-refractivity contribution is -0.136. The van der Waals surface area contributed by atoms with Crippen molar-refractivity contribution in [3.63, 3.8) is 0 Å². The topological polar surface area (TPSA) is 35.6 Å². The van der Waals surface area contributed by atoms with Crippen molar-refractivity contribution in [1.29, 1.82) is 0 Å². The van der Waals surface area contributed by atoms with Crippen molar-refractivity contribution in [2.45, 2.75) is 38.4 Å². The summed E-state index contributed by atoms with van der Waals surface area (Å²) in [7, 11) is 0. The molecule has 0 radical (unpaired) electrons. The molecule has 1 aromatic rings. The summed E-state index contributed by atoms with van der Waals surface area (Å²) in [4.78, 5) is 17.2. The highest BCUT2D eigenvalue weighted by atomic mass is 32.2. The number of hydrogen-bond donors (Lipinski definition) is 1. The molecule has 2 heterocycles. The molecule has 1 amide bonds. The molecule has 0 saturated carbocycles. The molecule has 5 heteroatoms. The molecule has 0 aliphatic carbocycles. The van der Waals surface area contributed by atoms with Crippen LogP contribution in [-0.4, -0.2) is 65.0 Å². The van der Waals surface area contributed by atoms with Gasteiger partial charge < -0.3 is 10.2 Å². The van der Waals surface area contributed by atoms with Crippen LogP contribution in [-0.2, 0) is 11.3 Å². The van der Waals surface area contributed by atoms with Gasteiger partial charge in [-0.3, -0.25) is 9.69 Å². The molecule has 2 fully saturated rings. The van der Waals surface area contributed by atoms with Crippen molar-refractivity contribution in [2.24, 2.45) is 0 Å². The van der Waals surface area contributed by atoms with Crippen molar-refractivity contribution in [2.75, 3.05) is 37.7 Å². The Labute approximate surface area is 150 Å². The second-order valence-electron chi connectivity index (χ2n) is 7.46. The quantitative estimate of drug-likeness (QED) is 0.906. The maximum atomic E-state index is 12.7. The Morgan fingerprint density at radius 2 is 2.08 bits per heavy atom. The number of thioether (sulfide) groups is 1. The van der Waals surface area contributed by atoms with Gasteiger partial charge in [-0.1, -0.05) is 30.3 Å². The van der Waals surface area contributed by atoms with Crippen LogP contribution in [0.25, 0.3) is 0 Å². The summed E-state index contributed by atoms with van der Waals surface area (Å²) in [5.74, 6) is 2.53. The molecule has 1 aromatic carbocycles. The van der Waals surface area contributed by atoms with E-state index >= 15 is 0 Å². The largest absolute Gasteiger partial charge is 0.340 e. The molecule has 24 heavy (non-hydrogen) atoms. The zero-order valence-corrected chi connectivity index (χ0v) is 15.6. The van der Waals surface area contributed by atoms with E-state index in [1.165, 1.54) is 5.56 Å². The van der Waals surface area contributed by atoms with Crippen LogP contribution in [0.1, 0.15) is 25.8 Å². The Bertz CT molecular complexity index is 543. The summed E-state index contributed by atoms with van der Waals surface area (Å²) in [6.07, 6.45) is 0.641. The normalized spacial score (nSPS) is 24.8. The first kappa shape index (κ1) is 17.8. The van der Waals surface area contributed by atoms with E-state index in [1.807, 2.05) is 11.8 Å². The maximum absolute atomic E-state index is 12.7. The molecule has 0 aromatic heterocycles. The van der Waals surface area contributed by atoms with Gasteiger partial charge in [-0.2, -0.15) is 11.8 Å². The molecule has 0 bridgehead atoms. The van der Waals surface area contributed by atoms with Crippen LogP contribution in [0.2, 0.25) is 0 Å². The summed E-state index contributed by atoms with van der Waals surface area (Å²) in [5, 5.41) is 3.47. The monoisotopic (exact) mass is 347 g/mol. The first-order chi connectivity index (χ1) is 11.5. The van der Waals surface area contributed by atoms with Gasteiger partial charge in [0.2, 0.25) is 5.91 Å². The van der Waals surface area contributed by atoms with E-state index < -0.39 is 0 Å². The number of benzene rings is 1. The summed E-state index contributed by atoms with van der Waals surface area (Å²) in [5.41, 5.74) is 1.35. The van der Waals surface area contributed by atoms with Gasteiger partial charge in [-0.25, -0.2) is 0 Å². The number of piperazine rings is 1. The van der Waals surface area contributed by atoms with Crippen molar-refractivity contribution in [3.8, 4) is 0 Å². The number of hydrogen-bond acceptors (Lipinski definition) is 4. The van der Waals surface area contributed by atoms with Gasteiger partial charge in [0.15, 0.2) is 0 Å². The molecule has 1 atom stereocenters. The lowest BCUT2D eigenvalue weighted by Crippen LogP contribution is -2.60. The van der Waals surface area contributed by atoms with Gasteiger partial charge in [0.25, 0.3) is 0 Å². The highest BCUT2D eigenvalue weighted by Crippen LogP contribution is 2.24. The fourth-order valence-corrected chi connectivity index (χ4v) is 4.54. The highest BCUT2D eigenvalue weighted by molar-refractivity contribution is 7.99. The Kier molecular flexibility index (Phi) is 5.85. The number of amides is 1. The summed E-state index contributed by atoms with van der Waals surface area (Å²) in [6, 6.07) is 11.0. The molecular formula is C19H29N3OS. The molecule has 2 saturated heterocycles. The fourth-order valence-electron chi connectivity index (χ4n) is 3.59. The lowest BCUT2D eigenvalue weighted by Gasteiger charge is -2.47. The van der Waals surface area contributed by atoms with Crippen molar-refractivity contribution < 1.29 is 4.79 Å². The second kappa shape index (κ2) is 7.89.